The zero-order valence-electron chi connectivity index (χ0n) is 19.1. The van der Waals surface area contributed by atoms with Crippen molar-refractivity contribution in [3.63, 3.8) is 0 Å². The van der Waals surface area contributed by atoms with Crippen LogP contribution >= 0.6 is 0 Å². The summed E-state index contributed by atoms with van der Waals surface area (Å²) < 4.78 is 7.10. The molecule has 4 bridgehead atoms. The van der Waals surface area contributed by atoms with Crippen molar-refractivity contribution in [1.82, 2.24) is 45.9 Å². The number of ether oxygens (including phenoxy) is 1. The number of H-pyrrole nitrogens is 1. The van der Waals surface area contributed by atoms with Gasteiger partial charge in [0, 0.05) is 30.6 Å². The molecular weight excluding hydrogens is 454 g/mol. The van der Waals surface area contributed by atoms with E-state index in [9.17, 15) is 14.4 Å². The van der Waals surface area contributed by atoms with Crippen LogP contribution in [-0.2, 0) is 4.79 Å². The van der Waals surface area contributed by atoms with E-state index in [1.807, 2.05) is 13.0 Å². The first-order chi connectivity index (χ1) is 17.0. The third-order valence-corrected chi connectivity index (χ3v) is 6.33. The molecule has 2 atom stereocenters. The van der Waals surface area contributed by atoms with Crippen molar-refractivity contribution < 1.29 is 19.1 Å². The largest absolute Gasteiger partial charge is 0.491 e. The molecule has 3 aromatic rings. The molecule has 3 amide bonds. The molecule has 5 rings (SSSR count). The summed E-state index contributed by atoms with van der Waals surface area (Å²) >= 11 is 0. The maximum Gasteiger partial charge on any atom is 0.259 e. The van der Waals surface area contributed by atoms with Gasteiger partial charge in [0.25, 0.3) is 11.8 Å². The molecule has 2 aliphatic rings. The van der Waals surface area contributed by atoms with Crippen LogP contribution < -0.4 is 15.4 Å². The van der Waals surface area contributed by atoms with E-state index in [0.29, 0.717) is 36.5 Å². The molecule has 0 saturated carbocycles. The highest BCUT2D eigenvalue weighted by Gasteiger charge is 2.39. The summed E-state index contributed by atoms with van der Waals surface area (Å²) in [7, 11) is 0. The predicted octanol–water partition coefficient (Wildman–Crippen LogP) is -0.00428. The Morgan fingerprint density at radius 2 is 2.03 bits per heavy atom. The fraction of sp³-hybridized carbons (Fsp3) is 0.409. The molecule has 35 heavy (non-hydrogen) atoms. The lowest BCUT2D eigenvalue weighted by Crippen LogP contribution is -2.48. The van der Waals surface area contributed by atoms with Crippen LogP contribution in [0.2, 0.25) is 0 Å². The van der Waals surface area contributed by atoms with E-state index in [0.717, 1.165) is 5.56 Å². The van der Waals surface area contributed by atoms with Crippen molar-refractivity contribution in [3.05, 3.63) is 47.4 Å². The molecular formula is C22H25N9O4. The molecule has 0 unspecified atom stereocenters. The summed E-state index contributed by atoms with van der Waals surface area (Å²) in [6, 6.07) is 4.61. The van der Waals surface area contributed by atoms with Crippen molar-refractivity contribution in [2.24, 2.45) is 0 Å². The van der Waals surface area contributed by atoms with Crippen molar-refractivity contribution in [2.45, 2.75) is 38.3 Å². The van der Waals surface area contributed by atoms with Gasteiger partial charge in [0.2, 0.25) is 5.91 Å². The molecule has 0 radical (unpaired) electrons. The maximum atomic E-state index is 13.7. The maximum absolute atomic E-state index is 13.7. The Labute approximate surface area is 200 Å². The van der Waals surface area contributed by atoms with E-state index in [2.05, 4.69) is 36.4 Å². The summed E-state index contributed by atoms with van der Waals surface area (Å²) in [5.41, 5.74) is 1.63. The highest BCUT2D eigenvalue weighted by Crippen LogP contribution is 2.29. The van der Waals surface area contributed by atoms with Crippen LogP contribution in [0.3, 0.4) is 0 Å². The van der Waals surface area contributed by atoms with Crippen LogP contribution in [0, 0.1) is 6.92 Å². The van der Waals surface area contributed by atoms with E-state index < -0.39 is 0 Å². The number of benzene rings is 1. The first kappa shape index (κ1) is 22.5. The van der Waals surface area contributed by atoms with Gasteiger partial charge in [0.1, 0.15) is 24.2 Å². The molecule has 2 aliphatic heterocycles. The van der Waals surface area contributed by atoms with Crippen LogP contribution in [0.15, 0.2) is 30.7 Å². The van der Waals surface area contributed by atoms with Gasteiger partial charge < -0.3 is 20.3 Å². The number of aryl methyl sites for hydroxylation is 1. The molecule has 13 nitrogen and oxygen atoms in total. The fourth-order valence-electron chi connectivity index (χ4n) is 4.55. The van der Waals surface area contributed by atoms with E-state index in [-0.39, 0.29) is 54.9 Å². The lowest BCUT2D eigenvalue weighted by Gasteiger charge is -2.30. The minimum atomic E-state index is -0.338. The molecule has 0 spiro atoms. The van der Waals surface area contributed by atoms with Crippen molar-refractivity contribution in [2.75, 3.05) is 19.7 Å². The second-order valence-electron chi connectivity index (χ2n) is 8.58. The van der Waals surface area contributed by atoms with Gasteiger partial charge in [-0.25, -0.2) is 0 Å². The smallest absolute Gasteiger partial charge is 0.259 e. The second kappa shape index (κ2) is 9.52. The number of rotatable bonds is 2. The Balaban J connectivity index is 1.44. The van der Waals surface area contributed by atoms with Gasteiger partial charge in [-0.3, -0.25) is 19.5 Å². The number of carbonyl (C=O) groups excluding carboxylic acids is 3. The van der Waals surface area contributed by atoms with Gasteiger partial charge in [0.05, 0.1) is 12.7 Å². The second-order valence-corrected chi connectivity index (χ2v) is 8.58. The molecule has 13 heteroatoms. The highest BCUT2D eigenvalue weighted by atomic mass is 16.5. The summed E-state index contributed by atoms with van der Waals surface area (Å²) in [6.45, 7) is 2.71. The number of hydrogen-bond donors (Lipinski definition) is 3. The van der Waals surface area contributed by atoms with Gasteiger partial charge in [-0.1, -0.05) is 6.07 Å². The lowest BCUT2D eigenvalue weighted by atomic mass is 10.1. The molecule has 1 fully saturated rings. The average molecular weight is 480 g/mol. The molecule has 2 aromatic heterocycles. The Bertz CT molecular complexity index is 1240. The molecule has 1 aromatic carbocycles. The summed E-state index contributed by atoms with van der Waals surface area (Å²) in [6.07, 6.45) is 4.18. The van der Waals surface area contributed by atoms with Crippen LogP contribution in [-0.4, -0.2) is 84.8 Å². The number of aromatic amines is 1. The number of tetrazole rings is 1. The van der Waals surface area contributed by atoms with Gasteiger partial charge in [-0.15, -0.1) is 5.10 Å². The first-order valence-corrected chi connectivity index (χ1v) is 11.4. The average Bonchev–Trinajstić information content (AvgIpc) is 3.61. The quantitative estimate of drug-likeness (QED) is 0.463. The zero-order valence-corrected chi connectivity index (χ0v) is 19.1. The Hall–Kier alpha value is -4.29. The number of nitrogens with one attached hydrogen (secondary N) is 3. The number of fused-ring (bicyclic) bond motifs is 4. The lowest BCUT2D eigenvalue weighted by molar-refractivity contribution is -0.122. The Kier molecular flexibility index (Phi) is 6.12. The van der Waals surface area contributed by atoms with Crippen LogP contribution in [0.25, 0.3) is 5.82 Å². The number of carbonyl (C=O) groups is 3. The monoisotopic (exact) mass is 479 g/mol. The number of hydrogen-bond acceptors (Lipinski definition) is 8. The van der Waals surface area contributed by atoms with Crippen LogP contribution in [0.1, 0.15) is 45.5 Å². The predicted molar refractivity (Wildman–Crippen MR) is 121 cm³/mol. The minimum absolute atomic E-state index is 0.140. The summed E-state index contributed by atoms with van der Waals surface area (Å²) in [4.78, 5) is 41.0. The van der Waals surface area contributed by atoms with Crippen molar-refractivity contribution in [1.29, 1.82) is 0 Å². The highest BCUT2D eigenvalue weighted by molar-refractivity contribution is 5.98. The Morgan fingerprint density at radius 3 is 2.86 bits per heavy atom. The molecule has 0 aliphatic carbocycles. The summed E-state index contributed by atoms with van der Waals surface area (Å²) in [5.74, 6) is 0.175. The van der Waals surface area contributed by atoms with Crippen LogP contribution in [0.5, 0.6) is 5.75 Å². The van der Waals surface area contributed by atoms with Gasteiger partial charge in [0.15, 0.2) is 5.82 Å². The SMILES string of the molecule is Cc1ccc2cc1OCCNC(=O)C[C@@H]1CC[C@H](CNC2=O)N1C(=O)c1cn[nH]c1-n1cnnn1. The van der Waals surface area contributed by atoms with E-state index in [1.165, 1.54) is 17.2 Å². The van der Waals surface area contributed by atoms with Gasteiger partial charge in [-0.2, -0.15) is 9.78 Å². The molecule has 4 heterocycles. The van der Waals surface area contributed by atoms with Crippen LogP contribution in [0.4, 0.5) is 0 Å². The number of aromatic nitrogens is 6. The zero-order chi connectivity index (χ0) is 24.4. The topological polar surface area (TPSA) is 160 Å². The number of nitrogens with zero attached hydrogens (tertiary/aromatic N) is 6. The molecule has 1 saturated heterocycles. The third kappa shape index (κ3) is 4.56. The van der Waals surface area contributed by atoms with E-state index >= 15 is 0 Å². The van der Waals surface area contributed by atoms with E-state index in [1.54, 1.807) is 17.0 Å². The fourth-order valence-corrected chi connectivity index (χ4v) is 4.55. The summed E-state index contributed by atoms with van der Waals surface area (Å²) in [5, 5.41) is 23.6. The van der Waals surface area contributed by atoms with Crippen molar-refractivity contribution in [3.8, 4) is 11.6 Å². The minimum Gasteiger partial charge on any atom is -0.491 e. The standard InChI is InChI=1S/C22H25N9O4/c1-13-2-3-14-8-18(13)35-7-6-23-19(32)9-15-4-5-16(10-24-21(14)33)31(15)22(34)17-11-25-27-20(17)30-12-26-28-29-30/h2-3,8,11-12,15-16H,4-7,9-10H2,1H3,(H,23,32)(H,24,33)(H,25,27)/t15-,16+/m0/s1. The molecule has 182 valence electrons. The molecule has 3 N–H and O–H groups in total. The van der Waals surface area contributed by atoms with Crippen molar-refractivity contribution >= 4 is 17.7 Å². The Morgan fingerprint density at radius 1 is 1.17 bits per heavy atom. The van der Waals surface area contributed by atoms with Gasteiger partial charge >= 0.3 is 0 Å². The third-order valence-electron chi connectivity index (χ3n) is 6.33. The number of amides is 3. The van der Waals surface area contributed by atoms with E-state index in [4.69, 9.17) is 4.74 Å². The first-order valence-electron chi connectivity index (χ1n) is 11.4. The normalized spacial score (nSPS) is 20.9. The van der Waals surface area contributed by atoms with Gasteiger partial charge in [-0.05, 0) is 47.9 Å².